The van der Waals surface area contributed by atoms with Crippen molar-refractivity contribution in [1.29, 1.82) is 0 Å². The molecule has 1 amide bonds. The number of hydrogen-bond acceptors (Lipinski definition) is 12. The topological polar surface area (TPSA) is 175 Å². The summed E-state index contributed by atoms with van der Waals surface area (Å²) >= 11 is 0. The largest absolute Gasteiger partial charge is 0.487 e. The Kier molecular flexibility index (Phi) is 16.2. The number of nitro groups is 1. The van der Waals surface area contributed by atoms with E-state index in [9.17, 15) is 29.5 Å². The first-order valence-corrected chi connectivity index (χ1v) is 22.8. The number of pyridine rings is 1. The maximum Gasteiger partial charge on any atom is 0.410 e. The van der Waals surface area contributed by atoms with Gasteiger partial charge < -0.3 is 34.0 Å². The van der Waals surface area contributed by atoms with Gasteiger partial charge in [-0.2, -0.15) is 0 Å². The van der Waals surface area contributed by atoms with Crippen LogP contribution in [0.4, 0.5) is 14.9 Å². The second-order valence-electron chi connectivity index (χ2n) is 17.0. The van der Waals surface area contributed by atoms with Crippen LogP contribution in [0.15, 0.2) is 114 Å². The van der Waals surface area contributed by atoms with Crippen LogP contribution in [-0.4, -0.2) is 75.1 Å². The summed E-state index contributed by atoms with van der Waals surface area (Å²) in [6.07, 6.45) is 7.53. The summed E-state index contributed by atoms with van der Waals surface area (Å²) in [6.45, 7) is 8.14. The number of unbranched alkanes of at least 4 members (excludes halogenated alkanes) is 2. The lowest BCUT2D eigenvalue weighted by Gasteiger charge is -2.59. The van der Waals surface area contributed by atoms with Crippen LogP contribution >= 0.6 is 0 Å². The number of nitrogens with zero attached hydrogens (tertiary/aromatic N) is 4. The maximum atomic E-state index is 14.5. The van der Waals surface area contributed by atoms with Crippen molar-refractivity contribution in [2.75, 3.05) is 26.4 Å². The fraction of sp³-hybridized carbons (Fsp3) is 0.431. The van der Waals surface area contributed by atoms with Gasteiger partial charge in [0.15, 0.2) is 0 Å². The normalized spacial score (nSPS) is 22.3. The molecule has 6 atom stereocenters. The Hall–Kier alpha value is -6.16. The lowest BCUT2D eigenvalue weighted by atomic mass is 9.55. The van der Waals surface area contributed by atoms with Crippen molar-refractivity contribution in [2.24, 2.45) is 22.9 Å². The van der Waals surface area contributed by atoms with Crippen molar-refractivity contribution >= 4 is 17.5 Å². The van der Waals surface area contributed by atoms with E-state index in [1.165, 1.54) is 24.3 Å². The summed E-state index contributed by atoms with van der Waals surface area (Å²) in [6, 6.07) is 22.6. The molecule has 3 aliphatic rings. The SMILES string of the molecule is C=CCOC12Oc3ccc(OCc4cccc(C)n4)cc3C3C(CCCCO)C(CCCCO)C=C(C(=NOCc4ccc([N+](=O)[O-])cc4)CC1N(Cc1ccc(F)cc1)C(=O)OCC)C32. The highest BCUT2D eigenvalue weighted by Crippen LogP contribution is 2.62. The summed E-state index contributed by atoms with van der Waals surface area (Å²) in [5.41, 5.74) is 5.17. The Morgan fingerprint density at radius 1 is 1.02 bits per heavy atom. The van der Waals surface area contributed by atoms with Gasteiger partial charge in [-0.15, -0.1) is 6.58 Å². The number of benzene rings is 3. The van der Waals surface area contributed by atoms with E-state index in [4.69, 9.17) is 28.9 Å². The number of amides is 1. The highest BCUT2D eigenvalue weighted by molar-refractivity contribution is 6.03. The Bertz CT molecular complexity index is 2360. The lowest BCUT2D eigenvalue weighted by molar-refractivity contribution is -0.384. The minimum atomic E-state index is -1.57. The number of carbonyl (C=O) groups is 1. The van der Waals surface area contributed by atoms with Gasteiger partial charge >= 0.3 is 6.09 Å². The summed E-state index contributed by atoms with van der Waals surface area (Å²) in [5.74, 6) is -1.83. The number of non-ortho nitro benzene ring substituents is 1. The quantitative estimate of drug-likeness (QED) is 0.0333. The van der Waals surface area contributed by atoms with E-state index in [2.05, 4.69) is 17.6 Å². The monoisotopic (exact) mass is 906 g/mol. The number of halogens is 1. The zero-order valence-electron chi connectivity index (χ0n) is 37.6. The molecule has 1 fully saturated rings. The predicted octanol–water partition coefficient (Wildman–Crippen LogP) is 9.51. The maximum absolute atomic E-state index is 14.5. The number of fused-ring (bicyclic) bond motifs is 2. The summed E-state index contributed by atoms with van der Waals surface area (Å²) in [5, 5.41) is 36.2. The first kappa shape index (κ1) is 47.8. The zero-order valence-corrected chi connectivity index (χ0v) is 37.6. The molecule has 15 heteroatoms. The van der Waals surface area contributed by atoms with E-state index in [1.54, 1.807) is 42.2 Å². The van der Waals surface area contributed by atoms with Crippen molar-refractivity contribution < 1.29 is 48.1 Å². The number of aliphatic hydroxyl groups is 2. The molecule has 3 aromatic carbocycles. The van der Waals surface area contributed by atoms with Crippen LogP contribution in [0.1, 0.15) is 85.9 Å². The number of allylic oxidation sites excluding steroid dienone is 1. The molecule has 1 aliphatic heterocycles. The van der Waals surface area contributed by atoms with Crippen molar-refractivity contribution in [3.63, 3.8) is 0 Å². The summed E-state index contributed by atoms with van der Waals surface area (Å²) < 4.78 is 40.9. The molecule has 1 aromatic heterocycles. The first-order valence-electron chi connectivity index (χ1n) is 22.8. The third kappa shape index (κ3) is 10.9. The molecule has 14 nitrogen and oxygen atoms in total. The van der Waals surface area contributed by atoms with Crippen LogP contribution < -0.4 is 9.47 Å². The number of rotatable bonds is 22. The van der Waals surface area contributed by atoms with Crippen LogP contribution in [-0.2, 0) is 34.1 Å². The highest BCUT2D eigenvalue weighted by Gasteiger charge is 2.65. The smallest absolute Gasteiger partial charge is 0.410 e. The fourth-order valence-corrected chi connectivity index (χ4v) is 9.77. The molecular formula is C51H59FN4O10. The number of nitro benzene ring substituents is 1. The van der Waals surface area contributed by atoms with Crippen molar-refractivity contribution in [3.05, 3.63) is 153 Å². The van der Waals surface area contributed by atoms with Crippen molar-refractivity contribution in [2.45, 2.75) is 96.3 Å². The molecule has 2 N–H and O–H groups in total. The van der Waals surface area contributed by atoms with Gasteiger partial charge in [-0.05, 0) is 123 Å². The average Bonchev–Trinajstić information content (AvgIpc) is 3.31. The molecule has 7 rings (SSSR count). The molecule has 0 spiro atoms. The summed E-state index contributed by atoms with van der Waals surface area (Å²) in [7, 11) is 0. The molecule has 1 saturated carbocycles. The lowest BCUT2D eigenvalue weighted by Crippen LogP contribution is -2.70. The van der Waals surface area contributed by atoms with Crippen LogP contribution in [0.3, 0.4) is 0 Å². The molecule has 2 heterocycles. The Morgan fingerprint density at radius 3 is 2.45 bits per heavy atom. The van der Waals surface area contributed by atoms with E-state index in [1.807, 2.05) is 43.3 Å². The van der Waals surface area contributed by atoms with Gasteiger partial charge in [0.25, 0.3) is 5.69 Å². The van der Waals surface area contributed by atoms with E-state index in [-0.39, 0.29) is 76.0 Å². The average molecular weight is 907 g/mol. The number of aliphatic hydroxyl groups excluding tert-OH is 2. The molecule has 66 heavy (non-hydrogen) atoms. The van der Waals surface area contributed by atoms with Gasteiger partial charge in [0.05, 0.1) is 35.5 Å². The van der Waals surface area contributed by atoms with Crippen molar-refractivity contribution in [3.8, 4) is 11.5 Å². The number of hydrogen-bond donors (Lipinski definition) is 2. The van der Waals surface area contributed by atoms with E-state index >= 15 is 0 Å². The fourth-order valence-electron chi connectivity index (χ4n) is 9.77. The molecule has 0 saturated heterocycles. The molecule has 4 aromatic rings. The van der Waals surface area contributed by atoms with Gasteiger partial charge in [-0.1, -0.05) is 48.3 Å². The highest BCUT2D eigenvalue weighted by atomic mass is 19.1. The number of ether oxygens (including phenoxy) is 4. The predicted molar refractivity (Wildman–Crippen MR) is 245 cm³/mol. The van der Waals surface area contributed by atoms with Gasteiger partial charge in [0, 0.05) is 55.5 Å². The standard InChI is InChI=1S/C51H59FN4O10/c1-4-27-64-51-47(55(50(59)62-5-2)31-35-15-19-38(52)20-16-35)30-45(54-65-32-36-17-21-40(22-18-36)56(60)61)43-28-37(12-6-8-25-57)42(14-7-9-26-58)48(49(43)51)44-29-41(23-24-46(44)66-51)63-33-39-13-10-11-34(3)53-39/h4,10-11,13,15-24,28-29,37,42,47-49,57-58H,1,5-9,12,14,25-27,30-33H2,2-3H3. The van der Waals surface area contributed by atoms with Gasteiger partial charge in [0.1, 0.15) is 36.6 Å². The van der Waals surface area contributed by atoms with Crippen LogP contribution in [0.2, 0.25) is 0 Å². The molecule has 0 radical (unpaired) electrons. The zero-order chi connectivity index (χ0) is 46.6. The number of carbonyl (C=O) groups excluding carboxylic acids is 1. The molecule has 0 bridgehead atoms. The minimum absolute atomic E-state index is 0.00234. The third-order valence-corrected chi connectivity index (χ3v) is 12.7. The van der Waals surface area contributed by atoms with E-state index in [0.717, 1.165) is 48.2 Å². The van der Waals surface area contributed by atoms with E-state index < -0.39 is 34.6 Å². The van der Waals surface area contributed by atoms with Crippen LogP contribution in [0.5, 0.6) is 11.5 Å². The Labute approximate surface area is 384 Å². The first-order chi connectivity index (χ1) is 32.1. The second kappa shape index (κ2) is 22.4. The number of oxime groups is 1. The third-order valence-electron chi connectivity index (χ3n) is 12.7. The molecular weight excluding hydrogens is 848 g/mol. The van der Waals surface area contributed by atoms with Gasteiger partial charge in [-0.25, -0.2) is 9.18 Å². The second-order valence-corrected chi connectivity index (χ2v) is 17.0. The van der Waals surface area contributed by atoms with E-state index in [0.29, 0.717) is 41.2 Å². The summed E-state index contributed by atoms with van der Waals surface area (Å²) in [4.78, 5) is 37.7. The molecule has 350 valence electrons. The van der Waals surface area contributed by atoms with Gasteiger partial charge in [0.2, 0.25) is 5.79 Å². The Morgan fingerprint density at radius 2 is 1.76 bits per heavy atom. The van der Waals surface area contributed by atoms with Crippen LogP contribution in [0.25, 0.3) is 0 Å². The molecule has 6 unspecified atom stereocenters. The van der Waals surface area contributed by atoms with Crippen LogP contribution in [0, 0.1) is 40.6 Å². The molecule has 2 aliphatic carbocycles. The number of aromatic nitrogens is 1. The van der Waals surface area contributed by atoms with Gasteiger partial charge in [-0.3, -0.25) is 20.0 Å². The van der Waals surface area contributed by atoms with Crippen molar-refractivity contribution in [1.82, 2.24) is 9.88 Å². The Balaban J connectivity index is 1.42. The minimum Gasteiger partial charge on any atom is -0.487 e. The number of aryl methyl sites for hydroxylation is 1.